The molecule has 1 aromatic heterocycles. The molecule has 0 unspecified atom stereocenters. The van der Waals surface area contributed by atoms with Crippen molar-refractivity contribution in [3.63, 3.8) is 0 Å². The fourth-order valence-electron chi connectivity index (χ4n) is 1.74. The summed E-state index contributed by atoms with van der Waals surface area (Å²) in [5, 5.41) is 2.61. The first-order valence-electron chi connectivity index (χ1n) is 5.94. The lowest BCUT2D eigenvalue weighted by Crippen LogP contribution is -2.37. The first-order chi connectivity index (χ1) is 9.99. The molecule has 2 amide bonds. The Labute approximate surface area is 124 Å². The van der Waals surface area contributed by atoms with Gasteiger partial charge in [0.05, 0.1) is 10.6 Å². The molecule has 1 heterocycles. The Morgan fingerprint density at radius 3 is 2.48 bits per heavy atom. The smallest absolute Gasteiger partial charge is 0.253 e. The van der Waals surface area contributed by atoms with E-state index in [1.165, 1.54) is 42.7 Å². The van der Waals surface area contributed by atoms with Gasteiger partial charge >= 0.3 is 0 Å². The van der Waals surface area contributed by atoms with Crippen molar-refractivity contribution >= 4 is 23.4 Å². The zero-order chi connectivity index (χ0) is 15.4. The van der Waals surface area contributed by atoms with E-state index in [2.05, 4.69) is 10.3 Å². The number of halogens is 2. The van der Waals surface area contributed by atoms with E-state index in [1.54, 1.807) is 0 Å². The minimum atomic E-state index is -1.08. The largest absolute Gasteiger partial charge is 0.368 e. The Morgan fingerprint density at radius 1 is 1.24 bits per heavy atom. The summed E-state index contributed by atoms with van der Waals surface area (Å²) < 4.78 is 12.9. The molecular formula is C14H11ClFN3O2. The standard InChI is InChI=1S/C14H11ClFN3O2/c15-11-7-18-6-5-10(11)14(21)19-12(13(17)20)8-1-3-9(16)4-2-8/h1-7,12H,(H2,17,20)(H,19,21)/t12-/m1/s1. The van der Waals surface area contributed by atoms with Gasteiger partial charge in [0.1, 0.15) is 11.9 Å². The van der Waals surface area contributed by atoms with Crippen LogP contribution in [0.1, 0.15) is 22.0 Å². The molecule has 0 aliphatic rings. The van der Waals surface area contributed by atoms with E-state index in [1.807, 2.05) is 0 Å². The minimum absolute atomic E-state index is 0.150. The zero-order valence-corrected chi connectivity index (χ0v) is 11.5. The minimum Gasteiger partial charge on any atom is -0.368 e. The molecule has 21 heavy (non-hydrogen) atoms. The zero-order valence-electron chi connectivity index (χ0n) is 10.7. The molecule has 0 aliphatic carbocycles. The van der Waals surface area contributed by atoms with Gasteiger partial charge in [0.25, 0.3) is 5.91 Å². The normalized spacial score (nSPS) is 11.7. The lowest BCUT2D eigenvalue weighted by Gasteiger charge is -2.16. The highest BCUT2D eigenvalue weighted by atomic mass is 35.5. The molecule has 7 heteroatoms. The Balaban J connectivity index is 2.25. The van der Waals surface area contributed by atoms with Gasteiger partial charge in [-0.3, -0.25) is 14.6 Å². The lowest BCUT2D eigenvalue weighted by atomic mass is 10.1. The molecule has 1 atom stereocenters. The molecule has 1 aromatic carbocycles. The van der Waals surface area contributed by atoms with Crippen LogP contribution in [0.5, 0.6) is 0 Å². The highest BCUT2D eigenvalue weighted by Crippen LogP contribution is 2.17. The van der Waals surface area contributed by atoms with E-state index in [9.17, 15) is 14.0 Å². The molecule has 0 fully saturated rings. The number of aromatic nitrogens is 1. The molecule has 0 aliphatic heterocycles. The van der Waals surface area contributed by atoms with Crippen molar-refractivity contribution in [2.24, 2.45) is 5.73 Å². The van der Waals surface area contributed by atoms with Gasteiger partial charge in [-0.1, -0.05) is 23.7 Å². The third-order valence-electron chi connectivity index (χ3n) is 2.78. The van der Waals surface area contributed by atoms with Crippen LogP contribution in [0.25, 0.3) is 0 Å². The SMILES string of the molecule is NC(=O)[C@H](NC(=O)c1ccncc1Cl)c1ccc(F)cc1. The number of pyridine rings is 1. The van der Waals surface area contributed by atoms with Gasteiger partial charge in [-0.15, -0.1) is 0 Å². The summed E-state index contributed by atoms with van der Waals surface area (Å²) in [5.74, 6) is -1.79. The second-order valence-corrected chi connectivity index (χ2v) is 4.62. The van der Waals surface area contributed by atoms with E-state index in [-0.39, 0.29) is 10.6 Å². The van der Waals surface area contributed by atoms with Crippen LogP contribution in [0.2, 0.25) is 5.02 Å². The van der Waals surface area contributed by atoms with E-state index >= 15 is 0 Å². The number of hydrogen-bond acceptors (Lipinski definition) is 3. The second-order valence-electron chi connectivity index (χ2n) is 4.22. The molecule has 2 rings (SSSR count). The summed E-state index contributed by atoms with van der Waals surface area (Å²) in [6.07, 6.45) is 2.71. The summed E-state index contributed by atoms with van der Waals surface area (Å²) >= 11 is 5.86. The topological polar surface area (TPSA) is 85.1 Å². The second kappa shape index (κ2) is 6.32. The maximum Gasteiger partial charge on any atom is 0.253 e. The van der Waals surface area contributed by atoms with E-state index < -0.39 is 23.7 Å². The Bertz CT molecular complexity index is 676. The highest BCUT2D eigenvalue weighted by Gasteiger charge is 2.22. The molecule has 0 radical (unpaired) electrons. The monoisotopic (exact) mass is 307 g/mol. The summed E-state index contributed by atoms with van der Waals surface area (Å²) in [6.45, 7) is 0. The summed E-state index contributed by atoms with van der Waals surface area (Å²) in [6, 6.07) is 5.44. The van der Waals surface area contributed by atoms with Crippen LogP contribution in [0.3, 0.4) is 0 Å². The molecule has 0 saturated carbocycles. The summed E-state index contributed by atoms with van der Waals surface area (Å²) in [4.78, 5) is 27.4. The molecule has 0 spiro atoms. The van der Waals surface area contributed by atoms with Crippen LogP contribution in [0.4, 0.5) is 4.39 Å². The van der Waals surface area contributed by atoms with Crippen LogP contribution >= 0.6 is 11.6 Å². The van der Waals surface area contributed by atoms with Gasteiger partial charge in [0.15, 0.2) is 0 Å². The van der Waals surface area contributed by atoms with Crippen LogP contribution < -0.4 is 11.1 Å². The first-order valence-corrected chi connectivity index (χ1v) is 6.32. The Morgan fingerprint density at radius 2 is 1.90 bits per heavy atom. The maximum atomic E-state index is 12.9. The molecular weight excluding hydrogens is 297 g/mol. The van der Waals surface area contributed by atoms with Crippen molar-refractivity contribution in [3.05, 3.63) is 64.7 Å². The van der Waals surface area contributed by atoms with Crippen LogP contribution in [0.15, 0.2) is 42.7 Å². The van der Waals surface area contributed by atoms with Gasteiger partial charge in [-0.2, -0.15) is 0 Å². The number of carbonyl (C=O) groups excluding carboxylic acids is 2. The number of nitrogens with two attached hydrogens (primary N) is 1. The highest BCUT2D eigenvalue weighted by molar-refractivity contribution is 6.33. The van der Waals surface area contributed by atoms with E-state index in [0.717, 1.165) is 0 Å². The molecule has 0 bridgehead atoms. The predicted molar refractivity (Wildman–Crippen MR) is 75.0 cm³/mol. The quantitative estimate of drug-likeness (QED) is 0.903. The number of rotatable bonds is 4. The van der Waals surface area contributed by atoms with Crippen molar-refractivity contribution < 1.29 is 14.0 Å². The number of amides is 2. The number of nitrogens with one attached hydrogen (secondary N) is 1. The molecule has 0 saturated heterocycles. The van der Waals surface area contributed by atoms with Gasteiger partial charge in [-0.25, -0.2) is 4.39 Å². The molecule has 2 aromatic rings. The average molecular weight is 308 g/mol. The van der Waals surface area contributed by atoms with E-state index in [4.69, 9.17) is 17.3 Å². The number of benzene rings is 1. The molecule has 5 nitrogen and oxygen atoms in total. The fourth-order valence-corrected chi connectivity index (χ4v) is 1.95. The Hall–Kier alpha value is -2.47. The van der Waals surface area contributed by atoms with Gasteiger partial charge in [0, 0.05) is 12.4 Å². The Kier molecular flexibility index (Phi) is 4.49. The van der Waals surface area contributed by atoms with Crippen molar-refractivity contribution in [1.82, 2.24) is 10.3 Å². The summed E-state index contributed by atoms with van der Waals surface area (Å²) in [5.41, 5.74) is 5.82. The number of hydrogen-bond donors (Lipinski definition) is 2. The van der Waals surface area contributed by atoms with Crippen molar-refractivity contribution in [1.29, 1.82) is 0 Å². The van der Waals surface area contributed by atoms with E-state index in [0.29, 0.717) is 5.56 Å². The van der Waals surface area contributed by atoms with Crippen LogP contribution in [-0.2, 0) is 4.79 Å². The maximum absolute atomic E-state index is 12.9. The first kappa shape index (κ1) is 14.9. The van der Waals surface area contributed by atoms with Gasteiger partial charge in [0.2, 0.25) is 5.91 Å². The van der Waals surface area contributed by atoms with Crippen molar-refractivity contribution in [2.45, 2.75) is 6.04 Å². The van der Waals surface area contributed by atoms with Crippen molar-refractivity contribution in [3.8, 4) is 0 Å². The third-order valence-corrected chi connectivity index (χ3v) is 3.08. The van der Waals surface area contributed by atoms with Crippen LogP contribution in [0, 0.1) is 5.82 Å². The van der Waals surface area contributed by atoms with Crippen LogP contribution in [-0.4, -0.2) is 16.8 Å². The van der Waals surface area contributed by atoms with Crippen molar-refractivity contribution in [2.75, 3.05) is 0 Å². The van der Waals surface area contributed by atoms with Gasteiger partial charge < -0.3 is 11.1 Å². The fraction of sp³-hybridized carbons (Fsp3) is 0.0714. The average Bonchev–Trinajstić information content (AvgIpc) is 2.46. The molecule has 3 N–H and O–H groups in total. The number of nitrogens with zero attached hydrogens (tertiary/aromatic N) is 1. The number of primary amides is 1. The predicted octanol–water partition coefficient (Wildman–Crippen LogP) is 1.83. The number of carbonyl (C=O) groups is 2. The lowest BCUT2D eigenvalue weighted by molar-refractivity contribution is -0.120. The summed E-state index contributed by atoms with van der Waals surface area (Å²) in [7, 11) is 0. The van der Waals surface area contributed by atoms with Gasteiger partial charge in [-0.05, 0) is 23.8 Å². The third kappa shape index (κ3) is 3.55. The molecule has 108 valence electrons.